The minimum absolute atomic E-state index is 0.239. The Labute approximate surface area is 239 Å². The zero-order valence-electron chi connectivity index (χ0n) is 22.2. The van der Waals surface area contributed by atoms with Gasteiger partial charge in [-0.1, -0.05) is 0 Å². The predicted octanol–water partition coefficient (Wildman–Crippen LogP) is -1.08. The molecule has 218 valence electrons. The molecule has 7 N–H and O–H groups in total. The zero-order chi connectivity index (χ0) is 28.8. The number of aromatic nitrogens is 6. The van der Waals surface area contributed by atoms with E-state index < -0.39 is 29.0 Å². The molecule has 0 aliphatic carbocycles. The van der Waals surface area contributed by atoms with Gasteiger partial charge >= 0.3 is 240 Å². The van der Waals surface area contributed by atoms with E-state index in [1.165, 1.54) is 35.9 Å². The first kappa shape index (κ1) is 29.4. The molecule has 40 heavy (non-hydrogen) atoms. The number of aliphatic hydroxyl groups is 1. The van der Waals surface area contributed by atoms with Crippen molar-refractivity contribution >= 4 is 22.4 Å². The van der Waals surface area contributed by atoms with E-state index in [0.29, 0.717) is 35.4 Å². The summed E-state index contributed by atoms with van der Waals surface area (Å²) in [6, 6.07) is -0.595. The third kappa shape index (κ3) is 5.65. The molecule has 7 atom stereocenters. The third-order valence-electron chi connectivity index (χ3n) is 7.12. The van der Waals surface area contributed by atoms with E-state index in [2.05, 4.69) is 25.0 Å². The first-order chi connectivity index (χ1) is 19.0. The van der Waals surface area contributed by atoms with Gasteiger partial charge in [0.1, 0.15) is 0 Å². The number of nitrogens with zero attached hydrogens (tertiary/aromatic N) is 6. The average molecular weight is 748 g/mol. The fourth-order valence-electron chi connectivity index (χ4n) is 4.82. The predicted molar refractivity (Wildman–Crippen MR) is 141 cm³/mol. The second kappa shape index (κ2) is 11.6. The van der Waals surface area contributed by atoms with E-state index in [9.17, 15) is 14.7 Å². The molecule has 2 aliphatic heterocycles. The van der Waals surface area contributed by atoms with Crippen LogP contribution in [0.1, 0.15) is 30.9 Å². The van der Waals surface area contributed by atoms with Crippen molar-refractivity contribution in [3.8, 4) is 0 Å². The number of hydrogen-bond donors (Lipinski definition) is 5. The normalized spacial score (nSPS) is 28.4. The van der Waals surface area contributed by atoms with Crippen LogP contribution in [0, 0.1) is 6.92 Å². The van der Waals surface area contributed by atoms with Gasteiger partial charge in [0.05, 0.1) is 0 Å². The van der Waals surface area contributed by atoms with Crippen molar-refractivity contribution in [2.24, 2.45) is 5.73 Å². The Morgan fingerprint density at radius 3 is 2.67 bits per heavy atom. The van der Waals surface area contributed by atoms with Crippen LogP contribution in [0.25, 0.3) is 11.2 Å². The van der Waals surface area contributed by atoms with Gasteiger partial charge in [-0.2, -0.15) is 0 Å². The second-order valence-corrected chi connectivity index (χ2v) is 17.7. The number of imidazole rings is 1. The Morgan fingerprint density at radius 2 is 1.95 bits per heavy atom. The monoisotopic (exact) mass is 748 g/mol. The molecule has 3 aromatic rings. The van der Waals surface area contributed by atoms with Crippen molar-refractivity contribution in [1.29, 1.82) is 0 Å². The number of nitrogens with one attached hydrogen (secondary N) is 2. The molecular formula is C22H33N10O6PW. The van der Waals surface area contributed by atoms with E-state index >= 15 is 0 Å². The number of H-pyrrole nitrogens is 1. The summed E-state index contributed by atoms with van der Waals surface area (Å²) in [4.78, 5) is 39.1. The molecule has 5 heterocycles. The Kier molecular flexibility index (Phi) is 8.54. The summed E-state index contributed by atoms with van der Waals surface area (Å²) >= 11 is 1.17. The van der Waals surface area contributed by atoms with Gasteiger partial charge in [0, 0.05) is 0 Å². The molecule has 2 fully saturated rings. The molecule has 18 heteroatoms. The van der Waals surface area contributed by atoms with Gasteiger partial charge in [-0.3, -0.25) is 0 Å². The number of nitrogen functional groups attached to an aromatic ring is 1. The van der Waals surface area contributed by atoms with Crippen molar-refractivity contribution in [3.05, 3.63) is 45.3 Å². The number of aryl methyl sites for hydroxylation is 1. The summed E-state index contributed by atoms with van der Waals surface area (Å²) in [6.45, 7) is 1.61. The van der Waals surface area contributed by atoms with E-state index in [-0.39, 0.29) is 37.6 Å². The number of aromatic amines is 1. The second-order valence-electron chi connectivity index (χ2n) is 10.0. The molecule has 3 aromatic heterocycles. The molecule has 7 unspecified atom stereocenters. The number of ether oxygens (including phenoxy) is 2. The summed E-state index contributed by atoms with van der Waals surface area (Å²) in [5, 5.41) is 13.6. The van der Waals surface area contributed by atoms with Gasteiger partial charge in [0.15, 0.2) is 0 Å². The van der Waals surface area contributed by atoms with E-state index in [4.69, 9.17) is 25.5 Å². The first-order valence-electron chi connectivity index (χ1n) is 12.6. The molecule has 5 rings (SSSR count). The van der Waals surface area contributed by atoms with E-state index in [0.717, 1.165) is 0 Å². The van der Waals surface area contributed by atoms with Crippen LogP contribution in [0.2, 0.25) is 0 Å². The number of rotatable bonds is 9. The molecule has 0 saturated carbocycles. The van der Waals surface area contributed by atoms with Gasteiger partial charge in [-0.05, 0) is 0 Å². The number of fused-ring (bicyclic) bond motifs is 1. The number of anilines is 1. The van der Waals surface area contributed by atoms with Gasteiger partial charge < -0.3 is 0 Å². The van der Waals surface area contributed by atoms with Crippen molar-refractivity contribution in [3.63, 3.8) is 0 Å². The molecule has 0 radical (unpaired) electrons. The van der Waals surface area contributed by atoms with Crippen LogP contribution in [0.3, 0.4) is 0 Å². The quantitative estimate of drug-likeness (QED) is 0.165. The molecule has 0 bridgehead atoms. The average Bonchev–Trinajstić information content (AvgIpc) is 3.62. The number of nitrogens with two attached hydrogens (primary N) is 2. The van der Waals surface area contributed by atoms with Crippen LogP contribution in [0.4, 0.5) is 5.82 Å². The van der Waals surface area contributed by atoms with E-state index in [1.54, 1.807) is 17.8 Å². The van der Waals surface area contributed by atoms with Crippen molar-refractivity contribution in [1.82, 2.24) is 38.8 Å². The van der Waals surface area contributed by atoms with Crippen LogP contribution in [-0.4, -0.2) is 90.4 Å². The molecule has 2 saturated heterocycles. The van der Waals surface area contributed by atoms with Gasteiger partial charge in [0.25, 0.3) is 0 Å². The molecule has 0 spiro atoms. The summed E-state index contributed by atoms with van der Waals surface area (Å²) < 4.78 is 24.0. The summed E-state index contributed by atoms with van der Waals surface area (Å²) in [5.41, 5.74) is 10.5. The number of aliphatic hydroxyl groups excluding tert-OH is 1. The zero-order valence-corrected chi connectivity index (χ0v) is 26.0. The minimum atomic E-state index is -2.35. The van der Waals surface area contributed by atoms with E-state index in [1.807, 2.05) is 18.8 Å². The fourth-order valence-corrected chi connectivity index (χ4v) is 8.52. The SMILES string of the molecule is Cc1cn(C2CC(N[P](=[W])(OCC3OC(n4cnc5c(N)ncnc54)CC3N)N(C)C)C(CO)O2)c(=O)[nH]c1=O. The number of hydrogen-bond acceptors (Lipinski definition) is 13. The van der Waals surface area contributed by atoms with Crippen LogP contribution in [0.5, 0.6) is 0 Å². The van der Waals surface area contributed by atoms with Gasteiger partial charge in [-0.15, -0.1) is 0 Å². The van der Waals surface area contributed by atoms with Crippen LogP contribution in [0.15, 0.2) is 28.4 Å². The Morgan fingerprint density at radius 1 is 1.23 bits per heavy atom. The molecule has 0 amide bonds. The maximum absolute atomic E-state index is 12.4. The Balaban J connectivity index is 1.27. The fraction of sp³-hybridized carbons (Fsp3) is 0.591. The Bertz CT molecular complexity index is 1540. The summed E-state index contributed by atoms with van der Waals surface area (Å²) in [5.74, 6) is 0.298. The third-order valence-corrected chi connectivity index (χ3v) is 15.1. The first-order valence-corrected chi connectivity index (χ1v) is 18.1. The summed E-state index contributed by atoms with van der Waals surface area (Å²) in [7, 11) is 3.84. The van der Waals surface area contributed by atoms with Crippen molar-refractivity contribution in [2.75, 3.05) is 33.0 Å². The molecule has 16 nitrogen and oxygen atoms in total. The molecule has 0 aromatic carbocycles. The maximum atomic E-state index is 12.4. The van der Waals surface area contributed by atoms with Crippen molar-refractivity contribution in [2.45, 2.75) is 56.5 Å². The van der Waals surface area contributed by atoms with Crippen LogP contribution < -0.4 is 27.8 Å². The topological polar surface area (TPSA) is 214 Å². The Hall–Kier alpha value is -2.13. The van der Waals surface area contributed by atoms with Gasteiger partial charge in [0.2, 0.25) is 0 Å². The van der Waals surface area contributed by atoms with Crippen LogP contribution in [-0.2, 0) is 32.8 Å². The van der Waals surface area contributed by atoms with Crippen LogP contribution >= 0.6 is 5.42 Å². The standard InChI is InChI=1S/C22H33N10O6P.W/c1-11-6-31(22(35)28-21(11)34)17-5-13(14(7-33)37-17)29-39(30(2)3)36-8-15-12(23)4-16(38-15)32-10-27-18-19(24)25-9-26-20(18)32;/h6,9-10,12-17,29,33H,4-5,7-8,23H2,1-3H3,(H2,24,25,26)(H,28,34,35);. The summed E-state index contributed by atoms with van der Waals surface area (Å²) in [6.07, 6.45) is 3.42. The molecule has 2 aliphatic rings. The molecular weight excluding hydrogens is 715 g/mol. The van der Waals surface area contributed by atoms with Gasteiger partial charge in [-0.25, -0.2) is 0 Å². The van der Waals surface area contributed by atoms with Crippen molar-refractivity contribution < 1.29 is 37.9 Å².